The van der Waals surface area contributed by atoms with E-state index in [1.165, 1.54) is 21.8 Å². The zero-order valence-electron chi connectivity index (χ0n) is 18.3. The molecule has 1 aromatic heterocycles. The number of carbonyl (C=O) groups excluding carboxylic acids is 2. The summed E-state index contributed by atoms with van der Waals surface area (Å²) >= 11 is 1.38. The fourth-order valence-electron chi connectivity index (χ4n) is 4.13. The summed E-state index contributed by atoms with van der Waals surface area (Å²) in [5.74, 6) is -1.58. The largest absolute Gasteiger partial charge is 0.507 e. The quantitative estimate of drug-likeness (QED) is 0.241. The SMILES string of the molecule is CCc1ccc2nc(N3C(=O)C(=O)C(=C(O)c4ccccc4)[C@H]3c3ccc(C)cc3)sc2c1. The van der Waals surface area contributed by atoms with E-state index in [-0.39, 0.29) is 11.3 Å². The number of nitrogens with zero attached hydrogens (tertiary/aromatic N) is 2. The molecule has 1 amide bonds. The minimum Gasteiger partial charge on any atom is -0.507 e. The van der Waals surface area contributed by atoms with Crippen LogP contribution < -0.4 is 4.90 Å². The second-order valence-electron chi connectivity index (χ2n) is 8.10. The van der Waals surface area contributed by atoms with Crippen molar-refractivity contribution in [3.8, 4) is 0 Å². The van der Waals surface area contributed by atoms with E-state index in [2.05, 4.69) is 18.0 Å². The minimum absolute atomic E-state index is 0.0727. The monoisotopic (exact) mass is 454 g/mol. The minimum atomic E-state index is -0.767. The van der Waals surface area contributed by atoms with Crippen LogP contribution in [-0.4, -0.2) is 21.8 Å². The van der Waals surface area contributed by atoms with Gasteiger partial charge in [-0.1, -0.05) is 84.5 Å². The van der Waals surface area contributed by atoms with Crippen LogP contribution in [0.25, 0.3) is 16.0 Å². The Morgan fingerprint density at radius 1 is 1.03 bits per heavy atom. The third kappa shape index (κ3) is 3.62. The lowest BCUT2D eigenvalue weighted by Gasteiger charge is -2.23. The van der Waals surface area contributed by atoms with Crippen molar-refractivity contribution < 1.29 is 14.7 Å². The van der Waals surface area contributed by atoms with Gasteiger partial charge >= 0.3 is 5.91 Å². The van der Waals surface area contributed by atoms with Crippen molar-refractivity contribution in [2.24, 2.45) is 0 Å². The van der Waals surface area contributed by atoms with E-state index in [1.54, 1.807) is 24.3 Å². The van der Waals surface area contributed by atoms with Gasteiger partial charge in [0.1, 0.15) is 5.76 Å². The molecular formula is C27H22N2O3S. The summed E-state index contributed by atoms with van der Waals surface area (Å²) in [6, 6.07) is 21.7. The van der Waals surface area contributed by atoms with Crippen LogP contribution in [0.2, 0.25) is 0 Å². The second-order valence-corrected chi connectivity index (χ2v) is 9.11. The number of aliphatic hydroxyl groups excluding tert-OH is 1. The number of hydrogen-bond acceptors (Lipinski definition) is 5. The molecule has 0 bridgehead atoms. The topological polar surface area (TPSA) is 70.5 Å². The average molecular weight is 455 g/mol. The van der Waals surface area contributed by atoms with Gasteiger partial charge in [0.25, 0.3) is 5.78 Å². The number of thiazole rings is 1. The van der Waals surface area contributed by atoms with Crippen molar-refractivity contribution >= 4 is 44.1 Å². The van der Waals surface area contributed by atoms with Gasteiger partial charge in [-0.3, -0.25) is 14.5 Å². The number of anilines is 1. The normalized spacial score (nSPS) is 17.8. The molecule has 6 heteroatoms. The fraction of sp³-hybridized carbons (Fsp3) is 0.148. The van der Waals surface area contributed by atoms with Crippen LogP contribution in [0.4, 0.5) is 5.13 Å². The van der Waals surface area contributed by atoms with Crippen LogP contribution in [0, 0.1) is 6.92 Å². The molecule has 1 fully saturated rings. The van der Waals surface area contributed by atoms with Crippen LogP contribution in [0.3, 0.4) is 0 Å². The van der Waals surface area contributed by atoms with Crippen LogP contribution in [0.5, 0.6) is 0 Å². The van der Waals surface area contributed by atoms with Crippen molar-refractivity contribution in [3.63, 3.8) is 0 Å². The Labute approximate surface area is 195 Å². The maximum Gasteiger partial charge on any atom is 0.301 e. The number of aryl methyl sites for hydroxylation is 2. The van der Waals surface area contributed by atoms with E-state index in [9.17, 15) is 14.7 Å². The number of carbonyl (C=O) groups is 2. The molecule has 3 aromatic carbocycles. The molecule has 0 aliphatic carbocycles. The number of fused-ring (bicyclic) bond motifs is 1. The van der Waals surface area contributed by atoms with E-state index < -0.39 is 17.7 Å². The zero-order valence-corrected chi connectivity index (χ0v) is 19.1. The Morgan fingerprint density at radius 2 is 1.76 bits per heavy atom. The fourth-order valence-corrected chi connectivity index (χ4v) is 5.18. The van der Waals surface area contributed by atoms with Gasteiger partial charge < -0.3 is 5.11 Å². The molecule has 164 valence electrons. The van der Waals surface area contributed by atoms with Gasteiger partial charge in [0.05, 0.1) is 21.8 Å². The molecular weight excluding hydrogens is 432 g/mol. The highest BCUT2D eigenvalue weighted by Gasteiger charge is 2.48. The predicted molar refractivity (Wildman–Crippen MR) is 131 cm³/mol. The van der Waals surface area contributed by atoms with Crippen LogP contribution >= 0.6 is 11.3 Å². The lowest BCUT2D eigenvalue weighted by atomic mass is 9.95. The van der Waals surface area contributed by atoms with E-state index in [0.717, 1.165) is 27.8 Å². The van der Waals surface area contributed by atoms with Gasteiger partial charge in [0.2, 0.25) is 0 Å². The number of benzene rings is 3. The molecule has 33 heavy (non-hydrogen) atoms. The van der Waals surface area contributed by atoms with Crippen molar-refractivity contribution in [1.82, 2.24) is 4.98 Å². The Hall–Kier alpha value is -3.77. The van der Waals surface area contributed by atoms with E-state index >= 15 is 0 Å². The van der Waals surface area contributed by atoms with Gasteiger partial charge in [0, 0.05) is 5.56 Å². The Kier molecular flexibility index (Phi) is 5.30. The maximum absolute atomic E-state index is 13.3. The summed E-state index contributed by atoms with van der Waals surface area (Å²) < 4.78 is 0.956. The standard InChI is InChI=1S/C27H22N2O3S/c1-3-17-11-14-20-21(15-17)33-27(28-20)29-23(18-12-9-16(2)10-13-18)22(25(31)26(29)32)24(30)19-7-5-4-6-8-19/h4-15,23,30H,3H2,1-2H3/t23-/m1/s1. The van der Waals surface area contributed by atoms with Gasteiger partial charge in [0.15, 0.2) is 5.13 Å². The van der Waals surface area contributed by atoms with Crippen LogP contribution in [-0.2, 0) is 16.0 Å². The first-order valence-electron chi connectivity index (χ1n) is 10.8. The summed E-state index contributed by atoms with van der Waals surface area (Å²) in [5, 5.41) is 11.6. The third-order valence-corrected chi connectivity index (χ3v) is 6.96. The van der Waals surface area contributed by atoms with Crippen molar-refractivity contribution in [1.29, 1.82) is 0 Å². The maximum atomic E-state index is 13.3. The van der Waals surface area contributed by atoms with Crippen LogP contribution in [0.15, 0.2) is 78.4 Å². The molecule has 1 aliphatic heterocycles. The first-order chi connectivity index (χ1) is 16.0. The smallest absolute Gasteiger partial charge is 0.301 e. The summed E-state index contributed by atoms with van der Waals surface area (Å²) in [5.41, 5.74) is 4.32. The summed E-state index contributed by atoms with van der Waals surface area (Å²) in [7, 11) is 0. The Morgan fingerprint density at radius 3 is 2.45 bits per heavy atom. The van der Waals surface area contributed by atoms with E-state index in [1.807, 2.05) is 49.4 Å². The number of amides is 1. The first-order valence-corrected chi connectivity index (χ1v) is 11.6. The third-order valence-electron chi connectivity index (χ3n) is 5.94. The highest BCUT2D eigenvalue weighted by Crippen LogP contribution is 2.44. The number of Topliss-reactive ketones (excluding diaryl/α,β-unsaturated/α-hetero) is 1. The molecule has 0 radical (unpaired) electrons. The molecule has 0 spiro atoms. The highest BCUT2D eigenvalue weighted by atomic mass is 32.1. The molecule has 2 heterocycles. The van der Waals surface area contributed by atoms with Crippen molar-refractivity contribution in [2.45, 2.75) is 26.3 Å². The van der Waals surface area contributed by atoms with Gasteiger partial charge in [-0.2, -0.15) is 0 Å². The molecule has 1 saturated heterocycles. The molecule has 1 N–H and O–H groups in total. The number of aliphatic hydroxyl groups is 1. The van der Waals surface area contributed by atoms with E-state index in [4.69, 9.17) is 0 Å². The number of ketones is 1. The summed E-state index contributed by atoms with van der Waals surface area (Å²) in [6.45, 7) is 4.06. The molecule has 0 unspecified atom stereocenters. The van der Waals surface area contributed by atoms with Crippen molar-refractivity contribution in [2.75, 3.05) is 4.90 Å². The molecule has 5 nitrogen and oxygen atoms in total. The number of rotatable bonds is 4. The second kappa shape index (κ2) is 8.30. The number of aromatic nitrogens is 1. The Balaban J connectivity index is 1.72. The number of hydrogen-bond donors (Lipinski definition) is 1. The lowest BCUT2D eigenvalue weighted by Crippen LogP contribution is -2.29. The zero-order chi connectivity index (χ0) is 23.1. The first kappa shape index (κ1) is 21.1. The lowest BCUT2D eigenvalue weighted by molar-refractivity contribution is -0.132. The van der Waals surface area contributed by atoms with Crippen molar-refractivity contribution in [3.05, 3.63) is 101 Å². The molecule has 0 saturated carbocycles. The summed E-state index contributed by atoms with van der Waals surface area (Å²) in [4.78, 5) is 32.6. The molecule has 4 aromatic rings. The average Bonchev–Trinajstić information content (AvgIpc) is 3.37. The van der Waals surface area contributed by atoms with Gasteiger partial charge in [-0.05, 0) is 36.6 Å². The highest BCUT2D eigenvalue weighted by molar-refractivity contribution is 7.22. The van der Waals surface area contributed by atoms with Gasteiger partial charge in [-0.15, -0.1) is 0 Å². The predicted octanol–water partition coefficient (Wildman–Crippen LogP) is 5.79. The van der Waals surface area contributed by atoms with Crippen LogP contribution in [0.1, 0.15) is 35.2 Å². The molecule has 1 aliphatic rings. The molecule has 1 atom stereocenters. The molecule has 5 rings (SSSR count). The Bertz CT molecular complexity index is 1400. The van der Waals surface area contributed by atoms with E-state index in [0.29, 0.717) is 10.7 Å². The summed E-state index contributed by atoms with van der Waals surface area (Å²) in [6.07, 6.45) is 0.897. The van der Waals surface area contributed by atoms with Gasteiger partial charge in [-0.25, -0.2) is 4.98 Å².